The average molecular weight is 354 g/mol. The van der Waals surface area contributed by atoms with Crippen molar-refractivity contribution in [3.63, 3.8) is 0 Å². The van der Waals surface area contributed by atoms with Crippen LogP contribution in [0.25, 0.3) is 11.0 Å². The first-order valence-corrected chi connectivity index (χ1v) is 8.33. The fourth-order valence-electron chi connectivity index (χ4n) is 3.31. The number of fused-ring (bicyclic) bond motifs is 1. The van der Waals surface area contributed by atoms with E-state index in [1.807, 2.05) is 0 Å². The largest absolute Gasteiger partial charge is 0.421 e. The van der Waals surface area contributed by atoms with E-state index in [-0.39, 0.29) is 22.1 Å². The fourth-order valence-corrected chi connectivity index (χ4v) is 3.85. The molecule has 0 spiro atoms. The maximum absolute atomic E-state index is 12.7. The lowest BCUT2D eigenvalue weighted by Crippen LogP contribution is -2.43. The molecule has 4 nitrogen and oxygen atoms in total. The van der Waals surface area contributed by atoms with Crippen LogP contribution in [0.15, 0.2) is 27.4 Å². The highest BCUT2D eigenvalue weighted by Crippen LogP contribution is 2.28. The van der Waals surface area contributed by atoms with Crippen LogP contribution in [0.5, 0.6) is 0 Å². The minimum atomic E-state index is -0.669. The lowest BCUT2D eigenvalue weighted by atomic mass is 9.91. The number of amides is 1. The molecule has 1 aromatic heterocycles. The van der Waals surface area contributed by atoms with Gasteiger partial charge in [-0.3, -0.25) is 4.79 Å². The molecule has 2 heterocycles. The van der Waals surface area contributed by atoms with Crippen molar-refractivity contribution in [2.75, 3.05) is 13.1 Å². The van der Waals surface area contributed by atoms with Gasteiger partial charge < -0.3 is 9.32 Å². The van der Waals surface area contributed by atoms with E-state index < -0.39 is 5.63 Å². The summed E-state index contributed by atoms with van der Waals surface area (Å²) in [5.41, 5.74) is -0.396. The zero-order valence-electron chi connectivity index (χ0n) is 12.9. The summed E-state index contributed by atoms with van der Waals surface area (Å²) in [5.74, 6) is 0.535. The number of halogens is 2. The van der Waals surface area contributed by atoms with Crippen LogP contribution in [0.4, 0.5) is 0 Å². The minimum Gasteiger partial charge on any atom is -0.421 e. The monoisotopic (exact) mass is 353 g/mol. The van der Waals surface area contributed by atoms with Crippen molar-refractivity contribution in [1.82, 2.24) is 4.90 Å². The smallest absolute Gasteiger partial charge is 0.349 e. The van der Waals surface area contributed by atoms with E-state index in [1.54, 1.807) is 11.0 Å². The normalized spacial score (nSPS) is 21.7. The quantitative estimate of drug-likeness (QED) is 0.721. The Hall–Kier alpha value is -1.52. The number of hydrogen-bond donors (Lipinski definition) is 0. The summed E-state index contributed by atoms with van der Waals surface area (Å²) >= 11 is 12.0. The molecule has 1 amide bonds. The summed E-state index contributed by atoms with van der Waals surface area (Å²) in [6, 6.07) is 4.65. The van der Waals surface area contributed by atoms with Crippen molar-refractivity contribution >= 4 is 40.1 Å². The van der Waals surface area contributed by atoms with Gasteiger partial charge in [0.05, 0.1) is 5.02 Å². The predicted octanol–water partition coefficient (Wildman–Crippen LogP) is 4.22. The minimum absolute atomic E-state index is 0.0251. The Morgan fingerprint density at radius 1 is 1.17 bits per heavy atom. The molecule has 0 bridgehead atoms. The van der Waals surface area contributed by atoms with Crippen LogP contribution in [-0.4, -0.2) is 23.9 Å². The Bertz CT molecular complexity index is 820. The van der Waals surface area contributed by atoms with Gasteiger partial charge in [-0.15, -0.1) is 0 Å². The van der Waals surface area contributed by atoms with Gasteiger partial charge in [0.2, 0.25) is 0 Å². The van der Waals surface area contributed by atoms with Crippen LogP contribution >= 0.6 is 23.2 Å². The second kappa shape index (κ2) is 6.17. The van der Waals surface area contributed by atoms with Crippen LogP contribution < -0.4 is 5.63 Å². The lowest BCUT2D eigenvalue weighted by Gasteiger charge is -2.34. The van der Waals surface area contributed by atoms with E-state index in [2.05, 4.69) is 13.8 Å². The Morgan fingerprint density at radius 3 is 2.48 bits per heavy atom. The van der Waals surface area contributed by atoms with Gasteiger partial charge in [-0.25, -0.2) is 4.79 Å². The van der Waals surface area contributed by atoms with Gasteiger partial charge in [-0.1, -0.05) is 37.0 Å². The number of likely N-dealkylation sites (tertiary alicyclic amines) is 1. The molecule has 122 valence electrons. The number of benzene rings is 1. The fraction of sp³-hybridized carbons (Fsp3) is 0.412. The van der Waals surface area contributed by atoms with E-state index in [1.165, 1.54) is 12.1 Å². The van der Waals surface area contributed by atoms with Gasteiger partial charge in [0, 0.05) is 23.5 Å². The highest BCUT2D eigenvalue weighted by atomic mass is 35.5. The van der Waals surface area contributed by atoms with Gasteiger partial charge in [-0.2, -0.15) is 0 Å². The summed E-state index contributed by atoms with van der Waals surface area (Å²) in [6.07, 6.45) is 1.08. The molecule has 0 N–H and O–H groups in total. The number of nitrogens with zero attached hydrogens (tertiary/aromatic N) is 1. The van der Waals surface area contributed by atoms with Crippen LogP contribution in [0.3, 0.4) is 0 Å². The number of piperidine rings is 1. The number of hydrogen-bond acceptors (Lipinski definition) is 3. The average Bonchev–Trinajstić information content (AvgIpc) is 2.46. The molecular weight excluding hydrogens is 337 g/mol. The lowest BCUT2D eigenvalue weighted by molar-refractivity contribution is 0.0619. The summed E-state index contributed by atoms with van der Waals surface area (Å²) in [6.45, 7) is 5.52. The van der Waals surface area contributed by atoms with E-state index in [4.69, 9.17) is 27.6 Å². The third-order valence-corrected chi connectivity index (χ3v) is 4.64. The molecule has 1 aromatic carbocycles. The van der Waals surface area contributed by atoms with Crippen LogP contribution in [0.2, 0.25) is 10.0 Å². The highest BCUT2D eigenvalue weighted by molar-refractivity contribution is 6.38. The Labute approximate surface area is 144 Å². The zero-order chi connectivity index (χ0) is 16.7. The predicted molar refractivity (Wildman–Crippen MR) is 91.4 cm³/mol. The second-order valence-corrected chi connectivity index (χ2v) is 7.25. The summed E-state index contributed by atoms with van der Waals surface area (Å²) in [4.78, 5) is 26.7. The molecule has 2 aromatic rings. The van der Waals surface area contributed by atoms with Crippen molar-refractivity contribution in [3.05, 3.63) is 44.2 Å². The molecule has 0 saturated carbocycles. The molecule has 3 rings (SSSR count). The van der Waals surface area contributed by atoms with Crippen LogP contribution in [0.1, 0.15) is 30.6 Å². The van der Waals surface area contributed by atoms with Gasteiger partial charge >= 0.3 is 5.63 Å². The molecule has 0 aliphatic carbocycles. The topological polar surface area (TPSA) is 50.5 Å². The second-order valence-electron chi connectivity index (χ2n) is 6.41. The Morgan fingerprint density at radius 2 is 1.83 bits per heavy atom. The van der Waals surface area contributed by atoms with E-state index in [0.29, 0.717) is 35.3 Å². The standard InChI is InChI=1S/C17H17Cl2NO3/c1-9-3-10(2)8-20(7-9)16(21)13-5-11-4-12(18)6-14(19)15(11)23-17(13)22/h4-6,9-10H,3,7-8H2,1-2H3/t9-,10-/m1/s1. The number of carbonyl (C=O) groups is 1. The highest BCUT2D eigenvalue weighted by Gasteiger charge is 2.28. The molecule has 1 saturated heterocycles. The van der Waals surface area contributed by atoms with Crippen molar-refractivity contribution in [2.45, 2.75) is 20.3 Å². The maximum Gasteiger partial charge on any atom is 0.349 e. The molecule has 1 fully saturated rings. The van der Waals surface area contributed by atoms with Crippen molar-refractivity contribution < 1.29 is 9.21 Å². The van der Waals surface area contributed by atoms with E-state index in [0.717, 1.165) is 6.42 Å². The van der Waals surface area contributed by atoms with E-state index >= 15 is 0 Å². The number of carbonyl (C=O) groups excluding carboxylic acids is 1. The van der Waals surface area contributed by atoms with Gasteiger partial charge in [-0.05, 0) is 36.5 Å². The Kier molecular flexibility index (Phi) is 4.39. The molecule has 0 unspecified atom stereocenters. The van der Waals surface area contributed by atoms with Crippen molar-refractivity contribution in [2.24, 2.45) is 11.8 Å². The molecular formula is C17H17Cl2NO3. The van der Waals surface area contributed by atoms with Crippen LogP contribution in [-0.2, 0) is 0 Å². The molecule has 2 atom stereocenters. The van der Waals surface area contributed by atoms with Crippen molar-refractivity contribution in [1.29, 1.82) is 0 Å². The first-order chi connectivity index (χ1) is 10.8. The SMILES string of the molecule is C[C@@H]1C[C@@H](C)CN(C(=O)c2cc3cc(Cl)cc(Cl)c3oc2=O)C1. The first kappa shape index (κ1) is 16.3. The molecule has 1 aliphatic heterocycles. The summed E-state index contributed by atoms with van der Waals surface area (Å²) in [7, 11) is 0. The first-order valence-electron chi connectivity index (χ1n) is 7.57. The Balaban J connectivity index is 2.04. The van der Waals surface area contributed by atoms with Crippen molar-refractivity contribution in [3.8, 4) is 0 Å². The molecule has 1 aliphatic rings. The summed E-state index contributed by atoms with van der Waals surface area (Å²) < 4.78 is 5.25. The summed E-state index contributed by atoms with van der Waals surface area (Å²) in [5, 5.41) is 1.22. The van der Waals surface area contributed by atoms with Gasteiger partial charge in [0.15, 0.2) is 5.58 Å². The zero-order valence-corrected chi connectivity index (χ0v) is 14.4. The third-order valence-electron chi connectivity index (χ3n) is 4.14. The third kappa shape index (κ3) is 3.24. The number of rotatable bonds is 1. The maximum atomic E-state index is 12.7. The van der Waals surface area contributed by atoms with Gasteiger partial charge in [0.1, 0.15) is 5.56 Å². The molecule has 0 radical (unpaired) electrons. The molecule has 6 heteroatoms. The van der Waals surface area contributed by atoms with Crippen LogP contribution in [0, 0.1) is 11.8 Å². The molecule has 23 heavy (non-hydrogen) atoms. The van der Waals surface area contributed by atoms with Gasteiger partial charge in [0.25, 0.3) is 5.91 Å². The van der Waals surface area contributed by atoms with E-state index in [9.17, 15) is 9.59 Å².